The Labute approximate surface area is 160 Å². The summed E-state index contributed by atoms with van der Waals surface area (Å²) >= 11 is 0. The van der Waals surface area contributed by atoms with Gasteiger partial charge in [0, 0.05) is 23.1 Å². The van der Waals surface area contributed by atoms with Gasteiger partial charge in [-0.3, -0.25) is 4.79 Å². The Morgan fingerprint density at radius 1 is 1.29 bits per heavy atom. The minimum Gasteiger partial charge on any atom is -0.458 e. The maximum Gasteiger partial charge on any atom is 0.343 e. The summed E-state index contributed by atoms with van der Waals surface area (Å²) in [6, 6.07) is 9.45. The van der Waals surface area contributed by atoms with Gasteiger partial charge in [0.05, 0.1) is 29.0 Å². The van der Waals surface area contributed by atoms with Gasteiger partial charge in [0.1, 0.15) is 6.61 Å². The van der Waals surface area contributed by atoms with Crippen molar-refractivity contribution in [2.75, 3.05) is 0 Å². The first kappa shape index (κ1) is 17.1. The summed E-state index contributed by atoms with van der Waals surface area (Å²) in [5.74, 6) is -0.723. The molecule has 1 unspecified atom stereocenters. The number of fused-ring (bicyclic) bond motifs is 5. The molecule has 2 aromatic heterocycles. The number of esters is 1. The molecule has 0 radical (unpaired) electrons. The Morgan fingerprint density at radius 2 is 2.07 bits per heavy atom. The van der Waals surface area contributed by atoms with Gasteiger partial charge in [-0.05, 0) is 24.1 Å². The van der Waals surface area contributed by atoms with Gasteiger partial charge in [-0.25, -0.2) is 9.78 Å². The third-order valence-corrected chi connectivity index (χ3v) is 5.92. The standard InChI is InChI=1S/C21H19N3O4/c1-2-21(27)15-7-17-18-13(9-24(17)19(25)14(15)10-28-20(21)26)12(8-22)11-5-3-4-6-16(11)23-18/h3-7,27H,2,8-10,22H2,1H3. The predicted octanol–water partition coefficient (Wildman–Crippen LogP) is 1.54. The minimum absolute atomic E-state index is 0.119. The second kappa shape index (κ2) is 5.73. The van der Waals surface area contributed by atoms with Gasteiger partial charge < -0.3 is 20.1 Å². The quantitative estimate of drug-likeness (QED) is 0.513. The molecule has 0 saturated carbocycles. The fourth-order valence-corrected chi connectivity index (χ4v) is 4.35. The highest BCUT2D eigenvalue weighted by molar-refractivity contribution is 5.89. The molecule has 0 spiro atoms. The van der Waals surface area contributed by atoms with Gasteiger partial charge in [-0.15, -0.1) is 0 Å². The van der Waals surface area contributed by atoms with E-state index in [0.717, 1.165) is 22.0 Å². The Bertz CT molecular complexity index is 1230. The number of para-hydroxylation sites is 1. The van der Waals surface area contributed by atoms with Crippen LogP contribution in [0.15, 0.2) is 35.1 Å². The van der Waals surface area contributed by atoms with Crippen molar-refractivity contribution in [2.24, 2.45) is 5.73 Å². The molecule has 1 aromatic carbocycles. The Balaban J connectivity index is 1.84. The lowest BCUT2D eigenvalue weighted by Crippen LogP contribution is -2.44. The molecule has 0 bridgehead atoms. The zero-order valence-corrected chi connectivity index (χ0v) is 15.4. The summed E-state index contributed by atoms with van der Waals surface area (Å²) in [6.07, 6.45) is 0.119. The van der Waals surface area contributed by atoms with Crippen LogP contribution in [-0.2, 0) is 34.8 Å². The normalized spacial score (nSPS) is 19.9. The van der Waals surface area contributed by atoms with E-state index in [0.29, 0.717) is 35.6 Å². The van der Waals surface area contributed by atoms with Crippen molar-refractivity contribution in [3.8, 4) is 11.4 Å². The van der Waals surface area contributed by atoms with Gasteiger partial charge in [-0.2, -0.15) is 0 Å². The van der Waals surface area contributed by atoms with Crippen molar-refractivity contribution >= 4 is 16.9 Å². The largest absolute Gasteiger partial charge is 0.458 e. The highest BCUT2D eigenvalue weighted by atomic mass is 16.6. The number of hydrogen-bond donors (Lipinski definition) is 2. The van der Waals surface area contributed by atoms with Crippen molar-refractivity contribution in [3.63, 3.8) is 0 Å². The second-order valence-electron chi connectivity index (χ2n) is 7.24. The summed E-state index contributed by atoms with van der Waals surface area (Å²) in [4.78, 5) is 30.2. The fourth-order valence-electron chi connectivity index (χ4n) is 4.35. The van der Waals surface area contributed by atoms with Crippen LogP contribution in [0.25, 0.3) is 22.3 Å². The lowest BCUT2D eigenvalue weighted by molar-refractivity contribution is -0.172. The number of aromatic nitrogens is 2. The molecule has 7 heteroatoms. The summed E-state index contributed by atoms with van der Waals surface area (Å²) in [6.45, 7) is 2.24. The second-order valence-corrected chi connectivity index (χ2v) is 7.24. The van der Waals surface area contributed by atoms with Crippen molar-refractivity contribution in [1.29, 1.82) is 0 Å². The van der Waals surface area contributed by atoms with Crippen LogP contribution in [0.2, 0.25) is 0 Å². The average molecular weight is 377 g/mol. The van der Waals surface area contributed by atoms with Gasteiger partial charge in [0.25, 0.3) is 5.56 Å². The van der Waals surface area contributed by atoms with Gasteiger partial charge in [-0.1, -0.05) is 25.1 Å². The van der Waals surface area contributed by atoms with E-state index in [4.69, 9.17) is 15.5 Å². The Morgan fingerprint density at radius 3 is 2.82 bits per heavy atom. The van der Waals surface area contributed by atoms with E-state index in [1.54, 1.807) is 17.6 Å². The molecule has 0 aliphatic carbocycles. The highest BCUT2D eigenvalue weighted by Gasteiger charge is 2.45. The number of nitrogens with zero attached hydrogens (tertiary/aromatic N) is 2. The molecule has 0 fully saturated rings. The molecule has 2 aliphatic rings. The SMILES string of the molecule is CCC1(O)C(=O)OCc2c1cc1n(c2=O)Cc2c-1nc1ccccc1c2CN. The molecule has 5 rings (SSSR count). The van der Waals surface area contributed by atoms with E-state index >= 15 is 0 Å². The zero-order valence-electron chi connectivity index (χ0n) is 15.4. The number of carbonyl (C=O) groups is 1. The highest BCUT2D eigenvalue weighted by Crippen LogP contribution is 2.39. The number of benzene rings is 1. The molecule has 28 heavy (non-hydrogen) atoms. The van der Waals surface area contributed by atoms with Crippen molar-refractivity contribution in [2.45, 2.75) is 38.6 Å². The maximum atomic E-state index is 13.2. The summed E-state index contributed by atoms with van der Waals surface area (Å²) in [7, 11) is 0. The van der Waals surface area contributed by atoms with E-state index in [2.05, 4.69) is 0 Å². The Hall–Kier alpha value is -3.03. The van der Waals surface area contributed by atoms with Crippen LogP contribution >= 0.6 is 0 Å². The van der Waals surface area contributed by atoms with Gasteiger partial charge in [0.2, 0.25) is 0 Å². The topological polar surface area (TPSA) is 107 Å². The first-order valence-corrected chi connectivity index (χ1v) is 9.27. The molecule has 142 valence electrons. The molecule has 2 aliphatic heterocycles. The summed E-state index contributed by atoms with van der Waals surface area (Å²) < 4.78 is 6.73. The van der Waals surface area contributed by atoms with E-state index in [9.17, 15) is 14.7 Å². The maximum absolute atomic E-state index is 13.2. The molecular formula is C21H19N3O4. The summed E-state index contributed by atoms with van der Waals surface area (Å²) in [5.41, 5.74) is 8.54. The molecular weight excluding hydrogens is 358 g/mol. The first-order valence-electron chi connectivity index (χ1n) is 9.27. The number of aliphatic hydroxyl groups is 1. The minimum atomic E-state index is -1.82. The fraction of sp³-hybridized carbons (Fsp3) is 0.286. The first-order chi connectivity index (χ1) is 13.5. The average Bonchev–Trinajstić information content (AvgIpc) is 3.08. The lowest BCUT2D eigenvalue weighted by atomic mass is 9.86. The number of nitrogens with two attached hydrogens (primary N) is 1. The third kappa shape index (κ3) is 2.03. The molecule has 3 aromatic rings. The van der Waals surface area contributed by atoms with Crippen LogP contribution in [0.4, 0.5) is 0 Å². The van der Waals surface area contributed by atoms with E-state index in [1.807, 2.05) is 24.3 Å². The monoisotopic (exact) mass is 377 g/mol. The smallest absolute Gasteiger partial charge is 0.343 e. The van der Waals surface area contributed by atoms with Crippen LogP contribution in [0.5, 0.6) is 0 Å². The number of hydrogen-bond acceptors (Lipinski definition) is 6. The number of ether oxygens (including phenoxy) is 1. The Kier molecular flexibility index (Phi) is 3.50. The molecule has 7 nitrogen and oxygen atoms in total. The number of carbonyl (C=O) groups excluding carboxylic acids is 1. The number of pyridine rings is 2. The van der Waals surface area contributed by atoms with Crippen molar-refractivity contribution in [3.05, 3.63) is 62.9 Å². The van der Waals surface area contributed by atoms with E-state index in [1.165, 1.54) is 0 Å². The third-order valence-electron chi connectivity index (χ3n) is 5.92. The van der Waals surface area contributed by atoms with Gasteiger partial charge >= 0.3 is 5.97 Å². The van der Waals surface area contributed by atoms with Crippen LogP contribution < -0.4 is 11.3 Å². The lowest BCUT2D eigenvalue weighted by Gasteiger charge is -2.31. The van der Waals surface area contributed by atoms with Crippen LogP contribution in [0.3, 0.4) is 0 Å². The van der Waals surface area contributed by atoms with Crippen LogP contribution in [0.1, 0.15) is 35.6 Å². The number of rotatable bonds is 2. The zero-order chi connectivity index (χ0) is 19.6. The van der Waals surface area contributed by atoms with E-state index < -0.39 is 11.6 Å². The molecule has 0 amide bonds. The van der Waals surface area contributed by atoms with Crippen LogP contribution in [0, 0.1) is 0 Å². The van der Waals surface area contributed by atoms with E-state index in [-0.39, 0.29) is 18.6 Å². The molecule has 3 N–H and O–H groups in total. The van der Waals surface area contributed by atoms with Gasteiger partial charge in [0.15, 0.2) is 5.60 Å². The van der Waals surface area contributed by atoms with Crippen LogP contribution in [-0.4, -0.2) is 20.6 Å². The molecule has 1 atom stereocenters. The van der Waals surface area contributed by atoms with Crippen molar-refractivity contribution < 1.29 is 14.6 Å². The number of cyclic esters (lactones) is 1. The summed E-state index contributed by atoms with van der Waals surface area (Å²) in [5, 5.41) is 11.9. The van der Waals surface area contributed by atoms with Crippen molar-refractivity contribution in [1.82, 2.24) is 9.55 Å². The molecule has 0 saturated heterocycles. The molecule has 4 heterocycles. The predicted molar refractivity (Wildman–Crippen MR) is 102 cm³/mol.